The van der Waals surface area contributed by atoms with Gasteiger partial charge in [0.25, 0.3) is 0 Å². The van der Waals surface area contributed by atoms with Gasteiger partial charge in [0.15, 0.2) is 5.60 Å². The molecule has 0 fully saturated rings. The molecular formula is C31H21F5N6O2. The molecule has 4 aromatic rings. The number of nitriles is 1. The van der Waals surface area contributed by atoms with Gasteiger partial charge in [-0.1, -0.05) is 17.9 Å². The number of ether oxygens (including phenoxy) is 1. The topological polar surface area (TPSA) is 106 Å². The van der Waals surface area contributed by atoms with Crippen LogP contribution in [0.1, 0.15) is 33.5 Å². The third kappa shape index (κ3) is 6.29. The lowest BCUT2D eigenvalue weighted by atomic mass is 9.84. The first kappa shape index (κ1) is 30.0. The van der Waals surface area contributed by atoms with Crippen molar-refractivity contribution < 1.29 is 31.8 Å². The van der Waals surface area contributed by atoms with Gasteiger partial charge >= 0.3 is 5.92 Å². The Bertz CT molecular complexity index is 1800. The molecule has 0 radical (unpaired) electrons. The Morgan fingerprint density at radius 1 is 0.909 bits per heavy atom. The zero-order chi connectivity index (χ0) is 31.3. The van der Waals surface area contributed by atoms with E-state index < -0.39 is 46.8 Å². The van der Waals surface area contributed by atoms with Gasteiger partial charge in [0, 0.05) is 29.0 Å². The molecule has 0 saturated carbocycles. The summed E-state index contributed by atoms with van der Waals surface area (Å²) in [6.45, 7) is -0.801. The van der Waals surface area contributed by atoms with E-state index in [1.54, 1.807) is 36.4 Å². The first-order valence-electron chi connectivity index (χ1n) is 12.9. The van der Waals surface area contributed by atoms with Gasteiger partial charge in [-0.3, -0.25) is 9.99 Å². The Balaban J connectivity index is 1.30. The highest BCUT2D eigenvalue weighted by atomic mass is 19.3. The third-order valence-electron chi connectivity index (χ3n) is 6.60. The van der Waals surface area contributed by atoms with Gasteiger partial charge in [0.05, 0.1) is 12.1 Å². The standard InChI is InChI=1S/C31H21F5N6O2/c32-24-8-11-26(28(34)14-24)30(43,18-42-19-39-40-41-42)31(35,36)29-12-6-21(16-38-29)2-1-20-4-9-25(10-5-20)44-17-22-3-7-23(15-37)27(33)13-22/h3-14,16,19,40-41,43H,17-18H2. The van der Waals surface area contributed by atoms with Crippen molar-refractivity contribution in [3.63, 3.8) is 0 Å². The van der Waals surface area contributed by atoms with Crippen LogP contribution in [0.4, 0.5) is 22.0 Å². The molecular weight excluding hydrogens is 583 g/mol. The molecule has 13 heteroatoms. The zero-order valence-electron chi connectivity index (χ0n) is 22.5. The lowest BCUT2D eigenvalue weighted by molar-refractivity contribution is -0.206. The molecule has 5 rings (SSSR count). The quantitative estimate of drug-likeness (QED) is 0.200. The second kappa shape index (κ2) is 12.4. The van der Waals surface area contributed by atoms with Gasteiger partial charge in [-0.25, -0.2) is 18.7 Å². The van der Waals surface area contributed by atoms with Crippen molar-refractivity contribution in [2.45, 2.75) is 18.1 Å². The van der Waals surface area contributed by atoms with Crippen LogP contribution in [0.2, 0.25) is 0 Å². The molecule has 222 valence electrons. The summed E-state index contributed by atoms with van der Waals surface area (Å²) in [4.78, 5) is 3.80. The molecule has 44 heavy (non-hydrogen) atoms. The van der Waals surface area contributed by atoms with Crippen LogP contribution in [0.15, 0.2) is 84.1 Å². The summed E-state index contributed by atoms with van der Waals surface area (Å²) in [6.07, 6.45) is 2.16. The maximum atomic E-state index is 15.9. The van der Waals surface area contributed by atoms with Crippen LogP contribution in [-0.2, 0) is 18.1 Å². The van der Waals surface area contributed by atoms with Crippen molar-refractivity contribution >= 4 is 6.34 Å². The molecule has 8 nitrogen and oxygen atoms in total. The van der Waals surface area contributed by atoms with Gasteiger partial charge in [-0.05, 0) is 66.2 Å². The number of pyridine rings is 1. The largest absolute Gasteiger partial charge is 0.489 e. The first-order chi connectivity index (χ1) is 21.1. The van der Waals surface area contributed by atoms with E-state index in [1.807, 2.05) is 0 Å². The number of benzene rings is 3. The average Bonchev–Trinajstić information content (AvgIpc) is 3.52. The van der Waals surface area contributed by atoms with E-state index in [2.05, 4.69) is 33.0 Å². The highest BCUT2D eigenvalue weighted by molar-refractivity contribution is 5.55. The minimum atomic E-state index is -4.16. The minimum Gasteiger partial charge on any atom is -0.489 e. The Morgan fingerprint density at radius 2 is 1.66 bits per heavy atom. The van der Waals surface area contributed by atoms with Crippen molar-refractivity contribution in [1.82, 2.24) is 21.1 Å². The lowest BCUT2D eigenvalue weighted by Crippen LogP contribution is -2.54. The lowest BCUT2D eigenvalue weighted by Gasteiger charge is -2.38. The van der Waals surface area contributed by atoms with Crippen LogP contribution in [0.25, 0.3) is 0 Å². The summed E-state index contributed by atoms with van der Waals surface area (Å²) >= 11 is 0. The molecule has 0 amide bonds. The fraction of sp³-hybridized carbons (Fsp3) is 0.129. The molecule has 0 bridgehead atoms. The number of nitrogens with one attached hydrogen (secondary N) is 2. The smallest absolute Gasteiger partial charge is 0.323 e. The number of rotatable bonds is 8. The van der Waals surface area contributed by atoms with Crippen LogP contribution in [0.3, 0.4) is 0 Å². The molecule has 1 aromatic heterocycles. The Hall–Kier alpha value is -5.50. The molecule has 1 atom stereocenters. The number of alkyl halides is 2. The Labute approximate surface area is 248 Å². The summed E-state index contributed by atoms with van der Waals surface area (Å²) in [5.74, 6) is -0.980. The first-order valence-corrected chi connectivity index (χ1v) is 12.9. The van der Waals surface area contributed by atoms with Crippen LogP contribution >= 0.6 is 0 Å². The zero-order valence-corrected chi connectivity index (χ0v) is 22.5. The summed E-state index contributed by atoms with van der Waals surface area (Å²) in [5.41, 5.74) is 1.13. The van der Waals surface area contributed by atoms with E-state index in [0.29, 0.717) is 22.9 Å². The van der Waals surface area contributed by atoms with E-state index in [4.69, 9.17) is 10.00 Å². The van der Waals surface area contributed by atoms with Gasteiger partial charge in [-0.15, -0.1) is 5.53 Å². The van der Waals surface area contributed by atoms with Crippen LogP contribution in [-0.4, -0.2) is 28.0 Å². The van der Waals surface area contributed by atoms with Crippen molar-refractivity contribution in [2.24, 2.45) is 5.10 Å². The Kier molecular flexibility index (Phi) is 8.44. The summed E-state index contributed by atoms with van der Waals surface area (Å²) < 4.78 is 79.4. The van der Waals surface area contributed by atoms with E-state index in [-0.39, 0.29) is 17.7 Å². The number of β-amino-alcohol motifs (C(OH)–C–C–N with tert-alkyl or cyclic N) is 1. The van der Waals surface area contributed by atoms with E-state index >= 15 is 8.78 Å². The molecule has 0 spiro atoms. The highest BCUT2D eigenvalue weighted by Gasteiger charge is 2.58. The fourth-order valence-electron chi connectivity index (χ4n) is 4.28. The summed E-state index contributed by atoms with van der Waals surface area (Å²) in [6, 6.07) is 16.7. The van der Waals surface area contributed by atoms with Crippen molar-refractivity contribution in [2.75, 3.05) is 6.54 Å². The van der Waals surface area contributed by atoms with Gasteiger partial charge < -0.3 is 9.84 Å². The SMILES string of the molecule is N#Cc1ccc(COc2ccc(C#Cc3ccc(C(F)(F)C(O)(CN4C=NNN4)c4ccc(F)cc4F)nc3)cc2)cc1F. The molecule has 0 aliphatic carbocycles. The number of aromatic nitrogens is 1. The summed E-state index contributed by atoms with van der Waals surface area (Å²) in [7, 11) is 0. The maximum absolute atomic E-state index is 15.9. The van der Waals surface area contributed by atoms with Crippen LogP contribution in [0.5, 0.6) is 5.75 Å². The number of hydrazine groups is 2. The fourth-order valence-corrected chi connectivity index (χ4v) is 4.28. The van der Waals surface area contributed by atoms with Crippen LogP contribution in [0, 0.1) is 40.6 Å². The highest BCUT2D eigenvalue weighted by Crippen LogP contribution is 2.46. The maximum Gasteiger partial charge on any atom is 0.323 e. The number of hydrazone groups is 1. The van der Waals surface area contributed by atoms with Gasteiger partial charge in [0.2, 0.25) is 0 Å². The second-order valence-electron chi connectivity index (χ2n) is 9.58. The van der Waals surface area contributed by atoms with E-state index in [9.17, 15) is 18.3 Å². The van der Waals surface area contributed by atoms with Crippen LogP contribution < -0.4 is 15.8 Å². The molecule has 1 unspecified atom stereocenters. The molecule has 3 N–H and O–H groups in total. The predicted octanol–water partition coefficient (Wildman–Crippen LogP) is 4.60. The molecule has 3 aromatic carbocycles. The number of hydrogen-bond donors (Lipinski definition) is 3. The van der Waals surface area contributed by atoms with E-state index in [0.717, 1.165) is 35.7 Å². The van der Waals surface area contributed by atoms with Gasteiger partial charge in [0.1, 0.15) is 47.9 Å². The molecule has 1 aliphatic heterocycles. The number of halogens is 5. The second-order valence-corrected chi connectivity index (χ2v) is 9.58. The number of hydrogen-bond acceptors (Lipinski definition) is 8. The predicted molar refractivity (Wildman–Crippen MR) is 148 cm³/mol. The van der Waals surface area contributed by atoms with Gasteiger partial charge in [-0.2, -0.15) is 19.1 Å². The number of aliphatic hydroxyl groups is 1. The number of nitrogens with zero attached hydrogens (tertiary/aromatic N) is 4. The van der Waals surface area contributed by atoms with Crippen molar-refractivity contribution in [3.05, 3.63) is 130 Å². The summed E-state index contributed by atoms with van der Waals surface area (Å²) in [5, 5.41) is 24.7. The molecule has 1 aliphatic rings. The van der Waals surface area contributed by atoms with E-state index in [1.165, 1.54) is 18.2 Å². The normalized spacial score (nSPS) is 13.8. The van der Waals surface area contributed by atoms with Crippen molar-refractivity contribution in [1.29, 1.82) is 5.26 Å². The minimum absolute atomic E-state index is 0.0552. The Morgan fingerprint density at radius 3 is 2.30 bits per heavy atom. The average molecular weight is 605 g/mol. The van der Waals surface area contributed by atoms with Crippen molar-refractivity contribution in [3.8, 4) is 23.7 Å². The third-order valence-corrected chi connectivity index (χ3v) is 6.60. The molecule has 0 saturated heterocycles. The molecule has 2 heterocycles. The monoisotopic (exact) mass is 604 g/mol.